The number of carbonyl (C=O) groups is 1. The van der Waals surface area contributed by atoms with Gasteiger partial charge in [0.05, 0.1) is 6.61 Å². The monoisotopic (exact) mass is 304 g/mol. The molecule has 1 aromatic rings. The van der Waals surface area contributed by atoms with Gasteiger partial charge in [-0.3, -0.25) is 4.79 Å². The topological polar surface area (TPSA) is 50.4 Å². The Morgan fingerprint density at radius 2 is 1.95 bits per heavy atom. The third kappa shape index (κ3) is 6.25. The minimum absolute atomic E-state index is 0.00481. The van der Waals surface area contributed by atoms with Crippen molar-refractivity contribution >= 4 is 29.1 Å². The van der Waals surface area contributed by atoms with E-state index in [2.05, 4.69) is 10.6 Å². The molecule has 1 rings (SSSR count). The number of halogens is 2. The van der Waals surface area contributed by atoms with Crippen LogP contribution in [0.25, 0.3) is 0 Å². The summed E-state index contributed by atoms with van der Waals surface area (Å²) < 4.78 is 4.84. The zero-order valence-electron chi connectivity index (χ0n) is 10.8. The summed E-state index contributed by atoms with van der Waals surface area (Å²) >= 11 is 12.1. The second kappa shape index (κ2) is 9.15. The van der Waals surface area contributed by atoms with E-state index >= 15 is 0 Å². The van der Waals surface area contributed by atoms with Crippen LogP contribution in [0.2, 0.25) is 10.0 Å². The molecule has 0 aliphatic carbocycles. The first kappa shape index (κ1) is 16.2. The molecular formula is C13H18Cl2N2O2. The van der Waals surface area contributed by atoms with Gasteiger partial charge in [0, 0.05) is 48.8 Å². The smallest absolute Gasteiger partial charge is 0.221 e. The maximum atomic E-state index is 11.4. The molecule has 0 bridgehead atoms. The van der Waals surface area contributed by atoms with E-state index in [-0.39, 0.29) is 5.91 Å². The Morgan fingerprint density at radius 3 is 2.58 bits per heavy atom. The molecule has 0 aromatic heterocycles. The molecule has 0 spiro atoms. The van der Waals surface area contributed by atoms with E-state index in [0.29, 0.717) is 42.7 Å². The van der Waals surface area contributed by atoms with Crippen LogP contribution in [0.1, 0.15) is 12.0 Å². The van der Waals surface area contributed by atoms with Gasteiger partial charge in [0.1, 0.15) is 0 Å². The van der Waals surface area contributed by atoms with Crippen molar-refractivity contribution in [1.29, 1.82) is 0 Å². The summed E-state index contributed by atoms with van der Waals surface area (Å²) in [5, 5.41) is 7.15. The summed E-state index contributed by atoms with van der Waals surface area (Å²) in [6.07, 6.45) is 0.409. The first-order valence-corrected chi connectivity index (χ1v) is 6.80. The van der Waals surface area contributed by atoms with Gasteiger partial charge in [-0.2, -0.15) is 0 Å². The number of nitrogens with one attached hydrogen (secondary N) is 2. The van der Waals surface area contributed by atoms with E-state index in [1.807, 2.05) is 0 Å². The molecule has 6 heteroatoms. The molecule has 0 unspecified atom stereocenters. The third-order valence-electron chi connectivity index (χ3n) is 2.52. The van der Waals surface area contributed by atoms with Crippen molar-refractivity contribution in [1.82, 2.24) is 10.6 Å². The van der Waals surface area contributed by atoms with E-state index in [9.17, 15) is 4.79 Å². The van der Waals surface area contributed by atoms with Crippen molar-refractivity contribution in [2.45, 2.75) is 13.0 Å². The van der Waals surface area contributed by atoms with Gasteiger partial charge < -0.3 is 15.4 Å². The van der Waals surface area contributed by atoms with Gasteiger partial charge in [-0.15, -0.1) is 0 Å². The summed E-state index contributed by atoms with van der Waals surface area (Å²) in [6, 6.07) is 5.39. The molecule has 0 saturated carbocycles. The van der Waals surface area contributed by atoms with Crippen LogP contribution in [0.3, 0.4) is 0 Å². The fraction of sp³-hybridized carbons (Fsp3) is 0.462. The highest BCUT2D eigenvalue weighted by Crippen LogP contribution is 2.23. The van der Waals surface area contributed by atoms with Crippen molar-refractivity contribution < 1.29 is 9.53 Å². The molecule has 0 aliphatic heterocycles. The van der Waals surface area contributed by atoms with Gasteiger partial charge in [0.25, 0.3) is 0 Å². The second-order valence-electron chi connectivity index (χ2n) is 3.97. The highest BCUT2D eigenvalue weighted by molar-refractivity contribution is 6.35. The SMILES string of the molecule is COCCNC(=O)CCNCc1c(Cl)cccc1Cl. The minimum atomic E-state index is -0.00481. The Bertz CT molecular complexity index is 393. The largest absolute Gasteiger partial charge is 0.383 e. The number of methoxy groups -OCH3 is 1. The molecule has 0 radical (unpaired) electrons. The molecule has 106 valence electrons. The van der Waals surface area contributed by atoms with E-state index in [4.69, 9.17) is 27.9 Å². The lowest BCUT2D eigenvalue weighted by Gasteiger charge is -2.09. The zero-order valence-corrected chi connectivity index (χ0v) is 12.4. The molecule has 1 amide bonds. The summed E-state index contributed by atoms with van der Waals surface area (Å²) in [4.78, 5) is 11.4. The summed E-state index contributed by atoms with van der Waals surface area (Å²) in [5.41, 5.74) is 0.852. The standard InChI is InChI=1S/C13H18Cl2N2O2/c1-19-8-7-17-13(18)5-6-16-9-10-11(14)3-2-4-12(10)15/h2-4,16H,5-9H2,1H3,(H,17,18). The van der Waals surface area contributed by atoms with E-state index in [1.165, 1.54) is 0 Å². The van der Waals surface area contributed by atoms with Crippen molar-refractivity contribution in [3.63, 3.8) is 0 Å². The fourth-order valence-electron chi connectivity index (χ4n) is 1.50. The van der Waals surface area contributed by atoms with E-state index < -0.39 is 0 Å². The predicted octanol–water partition coefficient (Wildman–Crippen LogP) is 2.24. The minimum Gasteiger partial charge on any atom is -0.383 e. The quantitative estimate of drug-likeness (QED) is 0.724. The number of hydrogen-bond acceptors (Lipinski definition) is 3. The Balaban J connectivity index is 2.22. The number of carbonyl (C=O) groups excluding carboxylic acids is 1. The number of amides is 1. The summed E-state index contributed by atoms with van der Waals surface area (Å²) in [7, 11) is 1.60. The summed E-state index contributed by atoms with van der Waals surface area (Å²) in [6.45, 7) is 2.17. The van der Waals surface area contributed by atoms with Gasteiger partial charge in [-0.05, 0) is 12.1 Å². The Hall–Kier alpha value is -0.810. The summed E-state index contributed by atoms with van der Waals surface area (Å²) in [5.74, 6) is -0.00481. The van der Waals surface area contributed by atoms with Crippen LogP contribution >= 0.6 is 23.2 Å². The first-order chi connectivity index (χ1) is 9.15. The lowest BCUT2D eigenvalue weighted by Crippen LogP contribution is -2.30. The van der Waals surface area contributed by atoms with Crippen molar-refractivity contribution in [2.75, 3.05) is 26.8 Å². The van der Waals surface area contributed by atoms with Crippen molar-refractivity contribution in [2.24, 2.45) is 0 Å². The Labute approximate surface area is 123 Å². The molecule has 4 nitrogen and oxygen atoms in total. The van der Waals surface area contributed by atoms with Crippen LogP contribution in [-0.2, 0) is 16.1 Å². The molecule has 2 N–H and O–H groups in total. The number of ether oxygens (including phenoxy) is 1. The number of benzene rings is 1. The average molecular weight is 305 g/mol. The van der Waals surface area contributed by atoms with Crippen LogP contribution in [0.5, 0.6) is 0 Å². The normalized spacial score (nSPS) is 10.5. The van der Waals surface area contributed by atoms with E-state index in [1.54, 1.807) is 25.3 Å². The highest BCUT2D eigenvalue weighted by atomic mass is 35.5. The molecule has 19 heavy (non-hydrogen) atoms. The number of rotatable bonds is 8. The maximum absolute atomic E-state index is 11.4. The molecule has 0 fully saturated rings. The molecular weight excluding hydrogens is 287 g/mol. The number of hydrogen-bond donors (Lipinski definition) is 2. The van der Waals surface area contributed by atoms with Gasteiger partial charge in [0.15, 0.2) is 0 Å². The molecule has 0 atom stereocenters. The third-order valence-corrected chi connectivity index (χ3v) is 3.23. The van der Waals surface area contributed by atoms with Crippen LogP contribution < -0.4 is 10.6 Å². The Morgan fingerprint density at radius 1 is 1.26 bits per heavy atom. The van der Waals surface area contributed by atoms with Gasteiger partial charge in [-0.25, -0.2) is 0 Å². The average Bonchev–Trinajstić information content (AvgIpc) is 2.37. The molecule has 1 aromatic carbocycles. The van der Waals surface area contributed by atoms with Crippen LogP contribution in [0.15, 0.2) is 18.2 Å². The predicted molar refractivity (Wildman–Crippen MR) is 77.7 cm³/mol. The highest BCUT2D eigenvalue weighted by Gasteiger charge is 2.05. The Kier molecular flexibility index (Phi) is 7.82. The lowest BCUT2D eigenvalue weighted by atomic mass is 10.2. The van der Waals surface area contributed by atoms with Crippen LogP contribution in [-0.4, -0.2) is 32.7 Å². The molecule has 0 heterocycles. The molecule has 0 aliphatic rings. The van der Waals surface area contributed by atoms with Crippen molar-refractivity contribution in [3.8, 4) is 0 Å². The second-order valence-corrected chi connectivity index (χ2v) is 4.78. The lowest BCUT2D eigenvalue weighted by molar-refractivity contribution is -0.121. The van der Waals surface area contributed by atoms with Gasteiger partial charge >= 0.3 is 0 Å². The van der Waals surface area contributed by atoms with Gasteiger partial charge in [-0.1, -0.05) is 29.3 Å². The fourth-order valence-corrected chi connectivity index (χ4v) is 2.03. The van der Waals surface area contributed by atoms with Crippen LogP contribution in [0, 0.1) is 0 Å². The van der Waals surface area contributed by atoms with Crippen LogP contribution in [0.4, 0.5) is 0 Å². The maximum Gasteiger partial charge on any atom is 0.221 e. The first-order valence-electron chi connectivity index (χ1n) is 6.04. The van der Waals surface area contributed by atoms with Gasteiger partial charge in [0.2, 0.25) is 5.91 Å². The van der Waals surface area contributed by atoms with E-state index in [0.717, 1.165) is 5.56 Å². The molecule has 0 saturated heterocycles. The van der Waals surface area contributed by atoms with Crippen molar-refractivity contribution in [3.05, 3.63) is 33.8 Å². The zero-order chi connectivity index (χ0) is 14.1.